The largest absolute Gasteiger partial charge is 0.312 e. The molecule has 2 atom stereocenters. The zero-order valence-electron chi connectivity index (χ0n) is 11.7. The molecule has 0 bridgehead atoms. The topological polar surface area (TPSA) is 18.5 Å². The summed E-state index contributed by atoms with van der Waals surface area (Å²) in [6, 6.07) is 6.24. The lowest BCUT2D eigenvalue weighted by atomic mass is 9.96. The van der Waals surface area contributed by atoms with Crippen LogP contribution in [0, 0.1) is 0 Å². The van der Waals surface area contributed by atoms with Crippen LogP contribution in [0.2, 0.25) is 10.0 Å². The molecule has 19 heavy (non-hydrogen) atoms. The summed E-state index contributed by atoms with van der Waals surface area (Å²) in [6.07, 6.45) is 0. The maximum absolute atomic E-state index is 6.34. The van der Waals surface area contributed by atoms with Crippen LogP contribution in [0.1, 0.15) is 11.6 Å². The Morgan fingerprint density at radius 2 is 2.00 bits per heavy atom. The van der Waals surface area contributed by atoms with Gasteiger partial charge in [0.1, 0.15) is 0 Å². The molecule has 1 aromatic rings. The summed E-state index contributed by atoms with van der Waals surface area (Å²) in [6.45, 7) is 3.19. The van der Waals surface area contributed by atoms with Gasteiger partial charge in [0, 0.05) is 35.7 Å². The van der Waals surface area contributed by atoms with Crippen molar-refractivity contribution in [3.8, 4) is 0 Å². The molecule has 1 aromatic carbocycles. The Bertz CT molecular complexity index is 439. The van der Waals surface area contributed by atoms with Gasteiger partial charge >= 0.3 is 0 Å². The van der Waals surface area contributed by atoms with Crippen molar-refractivity contribution in [1.82, 2.24) is 15.1 Å². The number of hydrogen-bond acceptors (Lipinski definition) is 3. The van der Waals surface area contributed by atoms with Crippen LogP contribution in [0.15, 0.2) is 18.2 Å². The molecular weight excluding hydrogens is 281 g/mol. The van der Waals surface area contributed by atoms with Gasteiger partial charge in [0.05, 0.1) is 6.04 Å². The highest BCUT2D eigenvalue weighted by Gasteiger charge is 2.31. The summed E-state index contributed by atoms with van der Waals surface area (Å²) >= 11 is 12.5. The fourth-order valence-electron chi connectivity index (χ4n) is 2.71. The van der Waals surface area contributed by atoms with Gasteiger partial charge in [0.25, 0.3) is 0 Å². The lowest BCUT2D eigenvalue weighted by Gasteiger charge is -2.42. The first kappa shape index (κ1) is 15.1. The van der Waals surface area contributed by atoms with Crippen molar-refractivity contribution in [3.63, 3.8) is 0 Å². The first-order chi connectivity index (χ1) is 9.02. The number of halogens is 2. The van der Waals surface area contributed by atoms with E-state index >= 15 is 0 Å². The number of benzene rings is 1. The summed E-state index contributed by atoms with van der Waals surface area (Å²) in [7, 11) is 6.30. The van der Waals surface area contributed by atoms with Crippen molar-refractivity contribution in [2.45, 2.75) is 12.1 Å². The fraction of sp³-hybridized carbons (Fsp3) is 0.571. The normalized spacial score (nSPS) is 23.5. The number of piperazine rings is 1. The molecule has 3 nitrogen and oxygen atoms in total. The van der Waals surface area contributed by atoms with Crippen LogP contribution in [0.25, 0.3) is 0 Å². The minimum absolute atomic E-state index is 0.180. The van der Waals surface area contributed by atoms with E-state index in [1.54, 1.807) is 0 Å². The standard InChI is InChI=1S/C14H21Cl2N3/c1-17-14(11-8-10(15)4-5-12(11)16)13-9-18(2)6-7-19(13)3/h4-5,8,13-14,17H,6-7,9H2,1-3H3. The van der Waals surface area contributed by atoms with Crippen molar-refractivity contribution in [1.29, 1.82) is 0 Å². The molecule has 5 heteroatoms. The van der Waals surface area contributed by atoms with Crippen molar-refractivity contribution in [3.05, 3.63) is 33.8 Å². The van der Waals surface area contributed by atoms with Crippen LogP contribution in [0.4, 0.5) is 0 Å². The van der Waals surface area contributed by atoms with E-state index in [-0.39, 0.29) is 6.04 Å². The van der Waals surface area contributed by atoms with E-state index in [9.17, 15) is 0 Å². The third-order valence-corrected chi connectivity index (χ3v) is 4.47. The van der Waals surface area contributed by atoms with Crippen LogP contribution < -0.4 is 5.32 Å². The average Bonchev–Trinajstić information content (AvgIpc) is 2.38. The van der Waals surface area contributed by atoms with Crippen molar-refractivity contribution in [2.24, 2.45) is 0 Å². The van der Waals surface area contributed by atoms with Crippen molar-refractivity contribution >= 4 is 23.2 Å². The number of nitrogens with one attached hydrogen (secondary N) is 1. The van der Waals surface area contributed by atoms with Gasteiger partial charge in [0.15, 0.2) is 0 Å². The predicted octanol–water partition coefficient (Wildman–Crippen LogP) is 2.50. The highest BCUT2D eigenvalue weighted by Crippen LogP contribution is 2.30. The van der Waals surface area contributed by atoms with E-state index in [0.29, 0.717) is 6.04 Å². The van der Waals surface area contributed by atoms with Gasteiger partial charge < -0.3 is 10.2 Å². The van der Waals surface area contributed by atoms with Gasteiger partial charge in [-0.3, -0.25) is 4.90 Å². The van der Waals surface area contributed by atoms with E-state index in [0.717, 1.165) is 35.2 Å². The second-order valence-corrected chi connectivity index (χ2v) is 6.09. The molecule has 2 unspecified atom stereocenters. The van der Waals surface area contributed by atoms with Gasteiger partial charge in [-0.1, -0.05) is 23.2 Å². The zero-order chi connectivity index (χ0) is 14.0. The summed E-state index contributed by atoms with van der Waals surface area (Å²) in [5, 5.41) is 4.89. The van der Waals surface area contributed by atoms with Gasteiger partial charge in [0.2, 0.25) is 0 Å². The Morgan fingerprint density at radius 3 is 2.68 bits per heavy atom. The minimum atomic E-state index is 0.180. The maximum atomic E-state index is 6.34. The molecule has 1 fully saturated rings. The van der Waals surface area contributed by atoms with Crippen molar-refractivity contribution in [2.75, 3.05) is 40.8 Å². The molecule has 1 saturated heterocycles. The minimum Gasteiger partial charge on any atom is -0.312 e. The van der Waals surface area contributed by atoms with E-state index in [2.05, 4.69) is 29.2 Å². The quantitative estimate of drug-likeness (QED) is 0.925. The Labute approximate surface area is 125 Å². The first-order valence-electron chi connectivity index (χ1n) is 6.54. The van der Waals surface area contributed by atoms with E-state index in [1.165, 1.54) is 0 Å². The highest BCUT2D eigenvalue weighted by atomic mass is 35.5. The smallest absolute Gasteiger partial charge is 0.0503 e. The van der Waals surface area contributed by atoms with Crippen LogP contribution in [0.5, 0.6) is 0 Å². The van der Waals surface area contributed by atoms with Crippen LogP contribution in [-0.4, -0.2) is 56.6 Å². The monoisotopic (exact) mass is 301 g/mol. The molecule has 0 aromatic heterocycles. The molecular formula is C14H21Cl2N3. The SMILES string of the molecule is CNC(c1cc(Cl)ccc1Cl)C1CN(C)CCN1C. The second kappa shape index (κ2) is 6.42. The Kier molecular flexibility index (Phi) is 5.09. The first-order valence-corrected chi connectivity index (χ1v) is 7.29. The summed E-state index contributed by atoms with van der Waals surface area (Å²) in [5.74, 6) is 0. The molecule has 0 amide bonds. The molecule has 1 aliphatic heterocycles. The Balaban J connectivity index is 2.30. The van der Waals surface area contributed by atoms with Crippen LogP contribution >= 0.6 is 23.2 Å². The van der Waals surface area contributed by atoms with Crippen LogP contribution in [-0.2, 0) is 0 Å². The third kappa shape index (κ3) is 3.41. The molecule has 1 aliphatic rings. The van der Waals surface area contributed by atoms with Crippen LogP contribution in [0.3, 0.4) is 0 Å². The molecule has 1 heterocycles. The molecule has 2 rings (SSSR count). The van der Waals surface area contributed by atoms with E-state index in [4.69, 9.17) is 23.2 Å². The molecule has 106 valence electrons. The molecule has 1 N–H and O–H groups in total. The highest BCUT2D eigenvalue weighted by molar-refractivity contribution is 6.33. The molecule has 0 spiro atoms. The molecule has 0 saturated carbocycles. The second-order valence-electron chi connectivity index (χ2n) is 5.24. The summed E-state index contributed by atoms with van der Waals surface area (Å²) in [4.78, 5) is 4.74. The fourth-order valence-corrected chi connectivity index (χ4v) is 3.13. The lowest BCUT2D eigenvalue weighted by molar-refractivity contribution is 0.0897. The number of likely N-dealkylation sites (N-methyl/N-ethyl adjacent to an activating group) is 3. The third-order valence-electron chi connectivity index (χ3n) is 3.89. The molecule has 0 aliphatic carbocycles. The summed E-state index contributed by atoms with van der Waals surface area (Å²) < 4.78 is 0. The number of nitrogens with zero attached hydrogens (tertiary/aromatic N) is 2. The number of hydrogen-bond donors (Lipinski definition) is 1. The predicted molar refractivity (Wildman–Crippen MR) is 82.2 cm³/mol. The summed E-state index contributed by atoms with van der Waals surface area (Å²) in [5.41, 5.74) is 1.07. The lowest BCUT2D eigenvalue weighted by Crippen LogP contribution is -2.54. The molecule has 0 radical (unpaired) electrons. The number of rotatable bonds is 3. The van der Waals surface area contributed by atoms with Gasteiger partial charge in [-0.2, -0.15) is 0 Å². The van der Waals surface area contributed by atoms with E-state index in [1.807, 2.05) is 25.2 Å². The Hall–Kier alpha value is -0.320. The van der Waals surface area contributed by atoms with Gasteiger partial charge in [-0.15, -0.1) is 0 Å². The maximum Gasteiger partial charge on any atom is 0.0503 e. The van der Waals surface area contributed by atoms with Gasteiger partial charge in [-0.05, 0) is 44.9 Å². The Morgan fingerprint density at radius 1 is 1.26 bits per heavy atom. The average molecular weight is 302 g/mol. The van der Waals surface area contributed by atoms with Gasteiger partial charge in [-0.25, -0.2) is 0 Å². The van der Waals surface area contributed by atoms with Crippen molar-refractivity contribution < 1.29 is 0 Å². The van der Waals surface area contributed by atoms with E-state index < -0.39 is 0 Å². The zero-order valence-corrected chi connectivity index (χ0v) is 13.2.